The van der Waals surface area contributed by atoms with Crippen LogP contribution < -0.4 is 9.64 Å². The van der Waals surface area contributed by atoms with Crippen LogP contribution in [-0.2, 0) is 0 Å². The monoisotopic (exact) mass is 391 g/mol. The molecule has 0 amide bonds. The molecule has 0 unspecified atom stereocenters. The molecule has 0 fully saturated rings. The highest BCUT2D eigenvalue weighted by atomic mass is 16.5. The van der Waals surface area contributed by atoms with E-state index < -0.39 is 0 Å². The third-order valence-corrected chi connectivity index (χ3v) is 5.04. The van der Waals surface area contributed by atoms with Crippen LogP contribution in [0.25, 0.3) is 12.2 Å². The lowest BCUT2D eigenvalue weighted by molar-refractivity contribution is 0.415. The molecular weight excluding hydrogens is 366 g/mol. The molecule has 0 saturated heterocycles. The van der Waals surface area contributed by atoms with Gasteiger partial charge >= 0.3 is 0 Å². The summed E-state index contributed by atoms with van der Waals surface area (Å²) >= 11 is 0. The van der Waals surface area contributed by atoms with Crippen LogP contribution in [0.4, 0.5) is 17.1 Å². The Bertz CT molecular complexity index is 1100. The van der Waals surface area contributed by atoms with Gasteiger partial charge in [0.25, 0.3) is 0 Å². The van der Waals surface area contributed by atoms with E-state index >= 15 is 0 Å². The quantitative estimate of drug-likeness (QED) is 0.313. The van der Waals surface area contributed by atoms with Gasteiger partial charge in [-0.2, -0.15) is 0 Å². The molecule has 0 heterocycles. The number of methoxy groups -OCH3 is 1. The summed E-state index contributed by atoms with van der Waals surface area (Å²) in [7, 11) is 1.69. The number of benzene rings is 4. The van der Waals surface area contributed by atoms with Crippen molar-refractivity contribution in [2.24, 2.45) is 0 Å². The van der Waals surface area contributed by atoms with Crippen LogP contribution in [0.3, 0.4) is 0 Å². The number of hydrogen-bond donors (Lipinski definition) is 0. The van der Waals surface area contributed by atoms with Gasteiger partial charge in [0.1, 0.15) is 5.75 Å². The van der Waals surface area contributed by atoms with Crippen LogP contribution >= 0.6 is 0 Å². The second-order valence-corrected chi connectivity index (χ2v) is 7.20. The van der Waals surface area contributed by atoms with Crippen molar-refractivity contribution in [3.63, 3.8) is 0 Å². The van der Waals surface area contributed by atoms with Crippen molar-refractivity contribution in [3.8, 4) is 5.75 Å². The summed E-state index contributed by atoms with van der Waals surface area (Å²) in [6, 6.07) is 35.7. The van der Waals surface area contributed by atoms with Gasteiger partial charge in [-0.3, -0.25) is 0 Å². The summed E-state index contributed by atoms with van der Waals surface area (Å²) in [6.07, 6.45) is 4.29. The zero-order valence-corrected chi connectivity index (χ0v) is 17.3. The van der Waals surface area contributed by atoms with Crippen molar-refractivity contribution in [1.29, 1.82) is 0 Å². The third kappa shape index (κ3) is 4.61. The highest BCUT2D eigenvalue weighted by Crippen LogP contribution is 2.35. The van der Waals surface area contributed by atoms with E-state index in [4.69, 9.17) is 4.74 Å². The van der Waals surface area contributed by atoms with Gasteiger partial charge in [-0.15, -0.1) is 0 Å². The summed E-state index contributed by atoms with van der Waals surface area (Å²) in [5.74, 6) is 0.850. The minimum absolute atomic E-state index is 0.850. The minimum Gasteiger partial charge on any atom is -0.497 e. The highest BCUT2D eigenvalue weighted by Gasteiger charge is 2.12. The molecule has 0 aliphatic heterocycles. The zero-order chi connectivity index (χ0) is 20.8. The Morgan fingerprint density at radius 3 is 1.57 bits per heavy atom. The largest absolute Gasteiger partial charge is 0.497 e. The van der Waals surface area contributed by atoms with E-state index in [1.807, 2.05) is 18.2 Å². The van der Waals surface area contributed by atoms with Gasteiger partial charge < -0.3 is 9.64 Å². The molecule has 0 aromatic heterocycles. The first kappa shape index (κ1) is 19.5. The SMILES string of the molecule is COc1ccc(N(c2ccccc2)c2ccc(C=Cc3ccc(C)cc3)cc2)cc1. The summed E-state index contributed by atoms with van der Waals surface area (Å²) in [6.45, 7) is 2.10. The fraction of sp³-hybridized carbons (Fsp3) is 0.0714. The second kappa shape index (κ2) is 9.15. The minimum atomic E-state index is 0.850. The van der Waals surface area contributed by atoms with Crippen LogP contribution in [0.1, 0.15) is 16.7 Å². The predicted molar refractivity (Wildman–Crippen MR) is 128 cm³/mol. The van der Waals surface area contributed by atoms with Gasteiger partial charge in [-0.05, 0) is 66.6 Å². The topological polar surface area (TPSA) is 12.5 Å². The number of hydrogen-bond acceptors (Lipinski definition) is 2. The van der Waals surface area contributed by atoms with Crippen LogP contribution in [0.15, 0.2) is 103 Å². The van der Waals surface area contributed by atoms with Crippen LogP contribution in [0, 0.1) is 6.92 Å². The third-order valence-electron chi connectivity index (χ3n) is 5.04. The Morgan fingerprint density at radius 2 is 1.03 bits per heavy atom. The molecule has 0 saturated carbocycles. The average Bonchev–Trinajstić information content (AvgIpc) is 2.81. The van der Waals surface area contributed by atoms with E-state index in [9.17, 15) is 0 Å². The zero-order valence-electron chi connectivity index (χ0n) is 17.3. The molecule has 0 spiro atoms. The number of nitrogens with zero attached hydrogens (tertiary/aromatic N) is 1. The van der Waals surface area contributed by atoms with Gasteiger partial charge in [0, 0.05) is 17.1 Å². The Balaban J connectivity index is 1.63. The summed E-state index contributed by atoms with van der Waals surface area (Å²) in [5.41, 5.74) is 6.96. The molecule has 4 rings (SSSR count). The van der Waals surface area contributed by atoms with Gasteiger partial charge in [0.05, 0.1) is 7.11 Å². The molecule has 0 bridgehead atoms. The Hall–Kier alpha value is -3.78. The molecule has 4 aromatic rings. The molecular formula is C28H25NO. The van der Waals surface area contributed by atoms with E-state index in [0.29, 0.717) is 0 Å². The lowest BCUT2D eigenvalue weighted by Crippen LogP contribution is -2.09. The van der Waals surface area contributed by atoms with Crippen molar-refractivity contribution in [2.75, 3.05) is 12.0 Å². The normalized spacial score (nSPS) is 10.9. The molecule has 0 N–H and O–H groups in total. The smallest absolute Gasteiger partial charge is 0.119 e. The van der Waals surface area contributed by atoms with Crippen molar-refractivity contribution in [3.05, 3.63) is 120 Å². The number of para-hydroxylation sites is 1. The highest BCUT2D eigenvalue weighted by molar-refractivity contribution is 5.78. The average molecular weight is 392 g/mol. The van der Waals surface area contributed by atoms with E-state index in [1.165, 1.54) is 16.7 Å². The number of aryl methyl sites for hydroxylation is 1. The predicted octanol–water partition coefficient (Wildman–Crippen LogP) is 7.64. The standard InChI is InChI=1S/C28H25NO/c1-22-8-10-23(11-9-22)12-13-24-14-16-26(17-15-24)29(25-6-4-3-5-7-25)27-18-20-28(30-2)21-19-27/h3-21H,1-2H3. The number of ether oxygens (including phenoxy) is 1. The van der Waals surface area contributed by atoms with Crippen LogP contribution in [0.5, 0.6) is 5.75 Å². The molecule has 4 aromatic carbocycles. The van der Waals surface area contributed by atoms with Crippen LogP contribution in [-0.4, -0.2) is 7.11 Å². The van der Waals surface area contributed by atoms with Gasteiger partial charge in [-0.1, -0.05) is 72.3 Å². The Labute approximate surface area is 178 Å². The first-order chi connectivity index (χ1) is 14.7. The molecule has 0 atom stereocenters. The fourth-order valence-electron chi connectivity index (χ4n) is 3.36. The number of rotatable bonds is 6. The van der Waals surface area contributed by atoms with E-state index in [-0.39, 0.29) is 0 Å². The van der Waals surface area contributed by atoms with E-state index in [2.05, 4.69) is 109 Å². The van der Waals surface area contributed by atoms with E-state index in [1.54, 1.807) is 7.11 Å². The Kier molecular flexibility index (Phi) is 5.95. The van der Waals surface area contributed by atoms with Crippen molar-refractivity contribution < 1.29 is 4.74 Å². The molecule has 2 nitrogen and oxygen atoms in total. The maximum Gasteiger partial charge on any atom is 0.119 e. The lowest BCUT2D eigenvalue weighted by atomic mass is 10.1. The van der Waals surface area contributed by atoms with Crippen molar-refractivity contribution >= 4 is 29.2 Å². The van der Waals surface area contributed by atoms with Crippen molar-refractivity contribution in [1.82, 2.24) is 0 Å². The Morgan fingerprint density at radius 1 is 0.567 bits per heavy atom. The summed E-state index contributed by atoms with van der Waals surface area (Å²) < 4.78 is 5.32. The molecule has 0 aliphatic rings. The summed E-state index contributed by atoms with van der Waals surface area (Å²) in [4.78, 5) is 2.24. The molecule has 0 radical (unpaired) electrons. The maximum atomic E-state index is 5.32. The second-order valence-electron chi connectivity index (χ2n) is 7.20. The van der Waals surface area contributed by atoms with Gasteiger partial charge in [-0.25, -0.2) is 0 Å². The van der Waals surface area contributed by atoms with E-state index in [0.717, 1.165) is 22.8 Å². The first-order valence-electron chi connectivity index (χ1n) is 10.1. The fourth-order valence-corrected chi connectivity index (χ4v) is 3.36. The summed E-state index contributed by atoms with van der Waals surface area (Å²) in [5, 5.41) is 0. The molecule has 0 aliphatic carbocycles. The first-order valence-corrected chi connectivity index (χ1v) is 10.1. The van der Waals surface area contributed by atoms with Crippen molar-refractivity contribution in [2.45, 2.75) is 6.92 Å². The van der Waals surface area contributed by atoms with Gasteiger partial charge in [0.2, 0.25) is 0 Å². The van der Waals surface area contributed by atoms with Gasteiger partial charge in [0.15, 0.2) is 0 Å². The van der Waals surface area contributed by atoms with Crippen LogP contribution in [0.2, 0.25) is 0 Å². The molecule has 148 valence electrons. The number of anilines is 3. The molecule has 2 heteroatoms. The lowest BCUT2D eigenvalue weighted by Gasteiger charge is -2.25. The molecule has 30 heavy (non-hydrogen) atoms. The maximum absolute atomic E-state index is 5.32.